The highest BCUT2D eigenvalue weighted by molar-refractivity contribution is 8.00. The minimum absolute atomic E-state index is 0.0881. The first-order valence-corrected chi connectivity index (χ1v) is 30.2. The van der Waals surface area contributed by atoms with E-state index in [2.05, 4.69) is 109 Å². The van der Waals surface area contributed by atoms with E-state index >= 15 is 4.39 Å². The average Bonchev–Trinajstić information content (AvgIpc) is 3.61. The van der Waals surface area contributed by atoms with Gasteiger partial charge in [-0.15, -0.1) is 11.8 Å². The monoisotopic (exact) mass is 1000 g/mol. The van der Waals surface area contributed by atoms with Crippen LogP contribution in [0.25, 0.3) is 0 Å². The van der Waals surface area contributed by atoms with Gasteiger partial charge in [0, 0.05) is 18.9 Å². The highest BCUT2D eigenvalue weighted by Gasteiger charge is 2.58. The minimum Gasteiger partial charge on any atom is -0.406 e. The summed E-state index contributed by atoms with van der Waals surface area (Å²) in [6.07, 6.45) is -1.38. The fourth-order valence-electron chi connectivity index (χ4n) is 10.0. The molecule has 7 rings (SSSR count). The smallest absolute Gasteiger partial charge is 0.351 e. The molecule has 0 unspecified atom stereocenters. The summed E-state index contributed by atoms with van der Waals surface area (Å²) < 4.78 is 69.1. The molecule has 13 heteroatoms. The Morgan fingerprint density at radius 1 is 0.652 bits per heavy atom. The molecule has 0 bridgehead atoms. The van der Waals surface area contributed by atoms with Gasteiger partial charge in [-0.3, -0.25) is 4.57 Å². The standard InChI is InChI=1S/C56H69FN2O6S2Si2/c1-38(2)41-35-46(39(3)4)52(47(36-41)40(5)6)67(61,62)64-49-33-34-59(54(60)58-49)53-50(57)51(65-69(56(10,11)12,44-29-21-15-22-30-44)45-31-23-16-24-32-45)48(66-53)37-63-68(55(7,8)9,42-25-17-13-18-26-42)43-27-19-14-20-28-43/h13-36,38-40,48,50-51,53H,37H2,1-12H3/t48-,50+,51-,53-/m1/s1. The zero-order valence-electron chi connectivity index (χ0n) is 42.1. The van der Waals surface area contributed by atoms with Crippen molar-refractivity contribution in [3.05, 3.63) is 173 Å². The maximum atomic E-state index is 18.3. The van der Waals surface area contributed by atoms with Gasteiger partial charge in [0.15, 0.2) is 6.17 Å². The third-order valence-electron chi connectivity index (χ3n) is 13.5. The molecule has 1 aromatic heterocycles. The van der Waals surface area contributed by atoms with Crippen LogP contribution in [0, 0.1) is 0 Å². The second-order valence-electron chi connectivity index (χ2n) is 21.2. The van der Waals surface area contributed by atoms with Crippen LogP contribution in [0.1, 0.15) is 123 Å². The zero-order valence-corrected chi connectivity index (χ0v) is 45.8. The number of aromatic nitrogens is 2. The van der Waals surface area contributed by atoms with Gasteiger partial charge in [-0.2, -0.15) is 13.4 Å². The molecule has 69 heavy (non-hydrogen) atoms. The lowest BCUT2D eigenvalue weighted by Crippen LogP contribution is -2.69. The first kappa shape index (κ1) is 52.2. The Bertz CT molecular complexity index is 2750. The van der Waals surface area contributed by atoms with Crippen molar-refractivity contribution in [2.75, 3.05) is 6.61 Å². The largest absolute Gasteiger partial charge is 0.406 e. The van der Waals surface area contributed by atoms with Gasteiger partial charge in [0.2, 0.25) is 5.88 Å². The number of alkyl halides is 1. The molecule has 5 aromatic carbocycles. The first-order chi connectivity index (χ1) is 32.5. The SMILES string of the molecule is CC(C)c1cc(C(C)C)c(S(=O)(=O)Oc2ccn([C@@H]3S[C@H](CO[Si](c4ccccc4)(c4ccccc4)C(C)(C)C)[C@@H](O[Si](c4ccccc4)(c4ccccc4)C(C)(C)C)[C@@H]3F)c(=O)n2)c(C(C)C)c1. The maximum absolute atomic E-state index is 18.3. The van der Waals surface area contributed by atoms with E-state index in [4.69, 9.17) is 13.0 Å². The first-order valence-electron chi connectivity index (χ1n) is 24.1. The second-order valence-corrected chi connectivity index (χ2v) is 32.6. The fraction of sp³-hybridized carbons (Fsp3) is 0.393. The molecular weight excluding hydrogens is 936 g/mol. The van der Waals surface area contributed by atoms with E-state index in [-0.39, 0.29) is 34.3 Å². The van der Waals surface area contributed by atoms with Gasteiger partial charge in [-0.25, -0.2) is 9.18 Å². The molecule has 0 saturated carbocycles. The number of hydrogen-bond acceptors (Lipinski definition) is 8. The molecule has 2 heterocycles. The summed E-state index contributed by atoms with van der Waals surface area (Å²) in [7, 11) is -11.0. The van der Waals surface area contributed by atoms with E-state index in [1.807, 2.05) is 113 Å². The van der Waals surface area contributed by atoms with E-state index in [0.717, 1.165) is 26.3 Å². The van der Waals surface area contributed by atoms with Crippen LogP contribution in [0.4, 0.5) is 4.39 Å². The Labute approximate surface area is 416 Å². The summed E-state index contributed by atoms with van der Waals surface area (Å²) in [5, 5.41) is 1.63. The van der Waals surface area contributed by atoms with Crippen molar-refractivity contribution in [2.45, 2.75) is 139 Å². The number of nitrogens with zero attached hydrogens (tertiary/aromatic N) is 2. The summed E-state index contributed by atoms with van der Waals surface area (Å²) in [5.74, 6) is -0.484. The molecule has 0 aliphatic carbocycles. The van der Waals surface area contributed by atoms with Crippen molar-refractivity contribution >= 4 is 59.3 Å². The quantitative estimate of drug-likeness (QED) is 0.0699. The lowest BCUT2D eigenvalue weighted by atomic mass is 9.89. The summed E-state index contributed by atoms with van der Waals surface area (Å²) in [6, 6.07) is 46.2. The van der Waals surface area contributed by atoms with Crippen LogP contribution in [-0.2, 0) is 19.0 Å². The van der Waals surface area contributed by atoms with Crippen LogP contribution in [0.3, 0.4) is 0 Å². The predicted molar refractivity (Wildman–Crippen MR) is 286 cm³/mol. The summed E-state index contributed by atoms with van der Waals surface area (Å²) in [5.41, 5.74) is 1.46. The summed E-state index contributed by atoms with van der Waals surface area (Å²) >= 11 is 1.29. The molecular formula is C56H69FN2O6S2Si2. The molecule has 0 N–H and O–H groups in total. The molecule has 1 aliphatic heterocycles. The molecule has 1 fully saturated rings. The Hall–Kier alpha value is -4.64. The topological polar surface area (TPSA) is 96.7 Å². The Balaban J connectivity index is 1.33. The van der Waals surface area contributed by atoms with E-state index in [9.17, 15) is 13.2 Å². The number of halogens is 1. The van der Waals surface area contributed by atoms with E-state index in [1.165, 1.54) is 28.6 Å². The second kappa shape index (κ2) is 20.6. The van der Waals surface area contributed by atoms with Gasteiger partial charge < -0.3 is 13.0 Å². The number of hydrogen-bond donors (Lipinski definition) is 0. The summed E-state index contributed by atoms with van der Waals surface area (Å²) in [6.45, 7) is 25.2. The van der Waals surface area contributed by atoms with Gasteiger partial charge in [0.25, 0.3) is 16.6 Å². The van der Waals surface area contributed by atoms with E-state index in [0.29, 0.717) is 11.1 Å². The number of thioether (sulfide) groups is 1. The van der Waals surface area contributed by atoms with Gasteiger partial charge in [-0.05, 0) is 65.3 Å². The van der Waals surface area contributed by atoms with Crippen molar-refractivity contribution in [2.24, 2.45) is 0 Å². The normalized spacial score (nSPS) is 18.3. The minimum atomic E-state index is -4.47. The third-order valence-corrected chi connectivity index (χ3v) is 26.4. The van der Waals surface area contributed by atoms with Gasteiger partial charge in [-0.1, -0.05) is 217 Å². The molecule has 0 amide bonds. The van der Waals surface area contributed by atoms with Crippen LogP contribution < -0.4 is 30.6 Å². The average molecular weight is 1010 g/mol. The van der Waals surface area contributed by atoms with E-state index < -0.39 is 66.3 Å². The highest BCUT2D eigenvalue weighted by Crippen LogP contribution is 2.49. The van der Waals surface area contributed by atoms with E-state index in [1.54, 1.807) is 0 Å². The molecule has 1 aliphatic rings. The van der Waals surface area contributed by atoms with Crippen molar-refractivity contribution in [1.29, 1.82) is 0 Å². The summed E-state index contributed by atoms with van der Waals surface area (Å²) in [4.78, 5) is 18.6. The lowest BCUT2D eigenvalue weighted by Gasteiger charge is -2.46. The lowest BCUT2D eigenvalue weighted by molar-refractivity contribution is 0.0760. The van der Waals surface area contributed by atoms with Crippen LogP contribution in [0.2, 0.25) is 10.1 Å². The molecule has 4 atom stereocenters. The van der Waals surface area contributed by atoms with Gasteiger partial charge >= 0.3 is 15.8 Å². The Kier molecular flexibility index (Phi) is 15.6. The molecule has 0 radical (unpaired) electrons. The van der Waals surface area contributed by atoms with Crippen molar-refractivity contribution in [3.63, 3.8) is 0 Å². The van der Waals surface area contributed by atoms with Crippen LogP contribution >= 0.6 is 11.8 Å². The molecule has 6 aromatic rings. The van der Waals surface area contributed by atoms with Crippen molar-refractivity contribution in [3.8, 4) is 5.88 Å². The molecule has 8 nitrogen and oxygen atoms in total. The van der Waals surface area contributed by atoms with Crippen LogP contribution in [-0.4, -0.2) is 58.7 Å². The highest BCUT2D eigenvalue weighted by atomic mass is 32.2. The number of rotatable bonds is 16. The van der Waals surface area contributed by atoms with Crippen molar-refractivity contribution in [1.82, 2.24) is 9.55 Å². The fourth-order valence-corrected chi connectivity index (χ4v) is 22.6. The predicted octanol–water partition coefficient (Wildman–Crippen LogP) is 10.9. The molecule has 1 saturated heterocycles. The van der Waals surface area contributed by atoms with Crippen molar-refractivity contribution < 1.29 is 25.8 Å². The Morgan fingerprint density at radius 2 is 1.07 bits per heavy atom. The molecule has 0 spiro atoms. The van der Waals surface area contributed by atoms with Crippen LogP contribution in [0.5, 0.6) is 5.88 Å². The van der Waals surface area contributed by atoms with Gasteiger partial charge in [0.05, 0.1) is 11.4 Å². The van der Waals surface area contributed by atoms with Crippen LogP contribution in [0.15, 0.2) is 155 Å². The Morgan fingerprint density at radius 3 is 1.45 bits per heavy atom. The van der Waals surface area contributed by atoms with Gasteiger partial charge in [0.1, 0.15) is 10.3 Å². The third kappa shape index (κ3) is 10.3. The molecule has 366 valence electrons. The maximum Gasteiger partial charge on any atom is 0.351 e. The number of benzene rings is 5. The zero-order chi connectivity index (χ0) is 50.1.